The number of aryl methyl sites for hydroxylation is 1. The Morgan fingerprint density at radius 3 is 3.04 bits per heavy atom. The van der Waals surface area contributed by atoms with E-state index in [0.29, 0.717) is 29.9 Å². The van der Waals surface area contributed by atoms with Crippen LogP contribution in [0.4, 0.5) is 5.69 Å². The molecule has 3 heterocycles. The van der Waals surface area contributed by atoms with Crippen molar-refractivity contribution >= 4 is 11.6 Å². The molecule has 0 spiro atoms. The normalized spacial score (nSPS) is 20.0. The minimum Gasteiger partial charge on any atom is -0.421 e. The van der Waals surface area contributed by atoms with Gasteiger partial charge in [0.2, 0.25) is 17.7 Å². The van der Waals surface area contributed by atoms with Gasteiger partial charge >= 0.3 is 0 Å². The molecule has 2 N–H and O–H groups in total. The van der Waals surface area contributed by atoms with Gasteiger partial charge in [0.25, 0.3) is 0 Å². The summed E-state index contributed by atoms with van der Waals surface area (Å²) in [7, 11) is 0. The summed E-state index contributed by atoms with van der Waals surface area (Å²) in [6, 6.07) is 7.34. The zero-order chi connectivity index (χ0) is 17.9. The van der Waals surface area contributed by atoms with Crippen LogP contribution in [0.2, 0.25) is 0 Å². The molecule has 0 saturated carbocycles. The first kappa shape index (κ1) is 16.5. The quantitative estimate of drug-likeness (QED) is 0.747. The molecule has 1 fully saturated rings. The van der Waals surface area contributed by atoms with E-state index < -0.39 is 0 Å². The van der Waals surface area contributed by atoms with E-state index in [9.17, 15) is 4.79 Å². The number of amides is 1. The molecule has 4 rings (SSSR count). The van der Waals surface area contributed by atoms with Crippen molar-refractivity contribution < 1.29 is 13.9 Å². The number of H-pyrrole nitrogens is 1. The van der Waals surface area contributed by atoms with Crippen LogP contribution in [-0.2, 0) is 9.53 Å². The van der Waals surface area contributed by atoms with E-state index >= 15 is 0 Å². The van der Waals surface area contributed by atoms with Crippen molar-refractivity contribution in [3.05, 3.63) is 48.4 Å². The maximum Gasteiger partial charge on any atom is 0.247 e. The number of anilines is 1. The number of carbonyl (C=O) groups excluding carboxylic acids is 1. The average Bonchev–Trinajstić information content (AvgIpc) is 3.34. The number of aromatic nitrogens is 4. The third kappa shape index (κ3) is 3.36. The number of ether oxygens (including phenoxy) is 1. The van der Waals surface area contributed by atoms with Crippen LogP contribution < -0.4 is 5.32 Å². The fraction of sp³-hybridized carbons (Fsp3) is 0.333. The molecule has 8 heteroatoms. The number of aromatic amines is 1. The first-order valence-corrected chi connectivity index (χ1v) is 8.53. The van der Waals surface area contributed by atoms with Gasteiger partial charge in [0, 0.05) is 37.2 Å². The summed E-state index contributed by atoms with van der Waals surface area (Å²) < 4.78 is 11.2. The van der Waals surface area contributed by atoms with Crippen molar-refractivity contribution in [2.75, 3.05) is 11.9 Å². The van der Waals surface area contributed by atoms with Crippen molar-refractivity contribution in [1.82, 2.24) is 20.2 Å². The Bertz CT molecular complexity index is 890. The third-order valence-electron chi connectivity index (χ3n) is 4.35. The van der Waals surface area contributed by atoms with Gasteiger partial charge in [-0.05, 0) is 31.0 Å². The fourth-order valence-electron chi connectivity index (χ4n) is 3.13. The van der Waals surface area contributed by atoms with Crippen LogP contribution in [0, 0.1) is 12.8 Å². The van der Waals surface area contributed by atoms with Gasteiger partial charge in [-0.2, -0.15) is 0 Å². The second-order valence-corrected chi connectivity index (χ2v) is 6.21. The van der Waals surface area contributed by atoms with Gasteiger partial charge < -0.3 is 19.5 Å². The Morgan fingerprint density at radius 2 is 2.27 bits per heavy atom. The molecule has 8 nitrogen and oxygen atoms in total. The monoisotopic (exact) mass is 353 g/mol. The molecule has 1 amide bonds. The van der Waals surface area contributed by atoms with Gasteiger partial charge in [0.05, 0.1) is 5.92 Å². The molecule has 134 valence electrons. The predicted octanol–water partition coefficient (Wildman–Crippen LogP) is 2.87. The Kier molecular flexibility index (Phi) is 4.49. The van der Waals surface area contributed by atoms with Gasteiger partial charge in [0.1, 0.15) is 11.9 Å². The minimum absolute atomic E-state index is 0.0926. The van der Waals surface area contributed by atoms with Gasteiger partial charge in [0.15, 0.2) is 0 Å². The number of nitrogens with one attached hydrogen (secondary N) is 2. The van der Waals surface area contributed by atoms with Gasteiger partial charge in [-0.3, -0.25) is 4.79 Å². The number of benzene rings is 1. The highest BCUT2D eigenvalue weighted by Gasteiger charge is 2.34. The molecule has 0 bridgehead atoms. The van der Waals surface area contributed by atoms with Crippen LogP contribution in [0.3, 0.4) is 0 Å². The molecule has 3 aromatic rings. The first-order chi connectivity index (χ1) is 12.7. The van der Waals surface area contributed by atoms with Crippen molar-refractivity contribution in [2.24, 2.45) is 5.92 Å². The number of rotatable bonds is 4. The molecule has 26 heavy (non-hydrogen) atoms. The van der Waals surface area contributed by atoms with Crippen molar-refractivity contribution in [3.8, 4) is 11.5 Å². The van der Waals surface area contributed by atoms with Gasteiger partial charge in [-0.15, -0.1) is 10.2 Å². The van der Waals surface area contributed by atoms with E-state index in [4.69, 9.17) is 9.15 Å². The highest BCUT2D eigenvalue weighted by molar-refractivity contribution is 5.93. The van der Waals surface area contributed by atoms with E-state index in [2.05, 4.69) is 25.5 Å². The van der Waals surface area contributed by atoms with Crippen LogP contribution in [0.1, 0.15) is 30.7 Å². The Balaban J connectivity index is 1.52. The molecular weight excluding hydrogens is 334 g/mol. The highest BCUT2D eigenvalue weighted by Crippen LogP contribution is 2.33. The second-order valence-electron chi connectivity index (χ2n) is 6.21. The van der Waals surface area contributed by atoms with E-state index in [-0.39, 0.29) is 17.9 Å². The zero-order valence-electron chi connectivity index (χ0n) is 14.3. The maximum atomic E-state index is 12.8. The lowest BCUT2D eigenvalue weighted by Crippen LogP contribution is -2.33. The molecule has 2 atom stereocenters. The molecule has 0 radical (unpaired) electrons. The third-order valence-corrected chi connectivity index (χ3v) is 4.35. The lowest BCUT2D eigenvalue weighted by atomic mass is 9.92. The lowest BCUT2D eigenvalue weighted by molar-refractivity contribution is -0.129. The Morgan fingerprint density at radius 1 is 1.35 bits per heavy atom. The summed E-state index contributed by atoms with van der Waals surface area (Å²) in [5.74, 6) is 1.21. The Hall–Kier alpha value is -3.00. The smallest absolute Gasteiger partial charge is 0.247 e. The topological polar surface area (TPSA) is 106 Å². The maximum absolute atomic E-state index is 12.8. The number of hydrogen-bond acceptors (Lipinski definition) is 6. The van der Waals surface area contributed by atoms with Gasteiger partial charge in [-0.1, -0.05) is 6.07 Å². The molecular formula is C18H19N5O3. The van der Waals surface area contributed by atoms with E-state index in [1.807, 2.05) is 24.3 Å². The molecule has 1 aliphatic heterocycles. The molecule has 0 aliphatic carbocycles. The minimum atomic E-state index is -0.361. The molecule has 1 aromatic carbocycles. The predicted molar refractivity (Wildman–Crippen MR) is 93.1 cm³/mol. The number of imidazole rings is 1. The number of nitrogens with zero attached hydrogens (tertiary/aromatic N) is 3. The Labute approximate surface area is 150 Å². The summed E-state index contributed by atoms with van der Waals surface area (Å²) in [4.78, 5) is 20.1. The van der Waals surface area contributed by atoms with Crippen LogP contribution >= 0.6 is 0 Å². The summed E-state index contributed by atoms with van der Waals surface area (Å²) >= 11 is 0. The zero-order valence-corrected chi connectivity index (χ0v) is 14.3. The lowest BCUT2D eigenvalue weighted by Gasteiger charge is -2.29. The highest BCUT2D eigenvalue weighted by atomic mass is 16.5. The summed E-state index contributed by atoms with van der Waals surface area (Å²) in [6.07, 6.45) is 4.63. The van der Waals surface area contributed by atoms with E-state index in [1.165, 1.54) is 0 Å². The van der Waals surface area contributed by atoms with Gasteiger partial charge in [-0.25, -0.2) is 4.98 Å². The SMILES string of the molecule is Cc1nnc(-c2cccc(NC(=O)[C@@H]3CCCO[C@H]3c3ncc[nH]3)c2)o1. The standard InChI is InChI=1S/C18H19N5O3/c1-11-22-23-18(26-11)12-4-2-5-13(10-12)21-17(24)14-6-3-9-25-15(14)16-19-7-8-20-16/h2,4-5,7-8,10,14-15H,3,6,9H2,1H3,(H,19,20)(H,21,24)/t14-,15-/m1/s1. The average molecular weight is 353 g/mol. The number of hydrogen-bond donors (Lipinski definition) is 2. The summed E-state index contributed by atoms with van der Waals surface area (Å²) in [5.41, 5.74) is 1.43. The molecule has 0 unspecified atom stereocenters. The van der Waals surface area contributed by atoms with Crippen molar-refractivity contribution in [1.29, 1.82) is 0 Å². The van der Waals surface area contributed by atoms with Crippen LogP contribution in [0.15, 0.2) is 41.1 Å². The van der Waals surface area contributed by atoms with Crippen LogP contribution in [-0.4, -0.2) is 32.7 Å². The second kappa shape index (κ2) is 7.09. The van der Waals surface area contributed by atoms with E-state index in [1.54, 1.807) is 19.3 Å². The van der Waals surface area contributed by atoms with Crippen molar-refractivity contribution in [3.63, 3.8) is 0 Å². The summed E-state index contributed by atoms with van der Waals surface area (Å²) in [5, 5.41) is 10.8. The first-order valence-electron chi connectivity index (χ1n) is 8.53. The van der Waals surface area contributed by atoms with Crippen molar-refractivity contribution in [2.45, 2.75) is 25.9 Å². The van der Waals surface area contributed by atoms with Crippen LogP contribution in [0.25, 0.3) is 11.5 Å². The fourth-order valence-corrected chi connectivity index (χ4v) is 3.13. The number of carbonyl (C=O) groups is 1. The summed E-state index contributed by atoms with van der Waals surface area (Å²) in [6.45, 7) is 2.36. The van der Waals surface area contributed by atoms with Crippen LogP contribution in [0.5, 0.6) is 0 Å². The molecule has 1 aliphatic rings. The van der Waals surface area contributed by atoms with E-state index in [0.717, 1.165) is 18.4 Å². The molecule has 1 saturated heterocycles. The largest absolute Gasteiger partial charge is 0.421 e. The molecule has 2 aromatic heterocycles.